The van der Waals surface area contributed by atoms with Crippen LogP contribution in [0.2, 0.25) is 0 Å². The molecule has 0 aromatic heterocycles. The lowest BCUT2D eigenvalue weighted by atomic mass is 10.1. The van der Waals surface area contributed by atoms with Crippen LogP contribution >= 0.6 is 0 Å². The summed E-state index contributed by atoms with van der Waals surface area (Å²) in [5.41, 5.74) is 0. The molecule has 90 valence electrons. The average molecular weight is 213 g/mol. The zero-order valence-corrected chi connectivity index (χ0v) is 10.6. The third kappa shape index (κ3) is 6.91. The van der Waals surface area contributed by atoms with E-state index >= 15 is 0 Å². The van der Waals surface area contributed by atoms with Crippen molar-refractivity contribution < 1.29 is 4.74 Å². The maximum absolute atomic E-state index is 5.69. The van der Waals surface area contributed by atoms with Crippen LogP contribution in [0.25, 0.3) is 0 Å². The molecular formula is C13H27NO. The molecule has 1 aliphatic carbocycles. The summed E-state index contributed by atoms with van der Waals surface area (Å²) in [5, 5.41) is 3.58. The Morgan fingerprint density at radius 3 is 2.60 bits per heavy atom. The molecule has 0 radical (unpaired) electrons. The zero-order chi connectivity index (χ0) is 11.1. The fourth-order valence-corrected chi connectivity index (χ4v) is 1.74. The van der Waals surface area contributed by atoms with Crippen molar-refractivity contribution in [1.29, 1.82) is 0 Å². The summed E-state index contributed by atoms with van der Waals surface area (Å²) in [6.07, 6.45) is 7.18. The lowest BCUT2D eigenvalue weighted by molar-refractivity contribution is 0.0589. The molecule has 1 atom stereocenters. The highest BCUT2D eigenvalue weighted by Crippen LogP contribution is 2.33. The molecule has 0 aromatic rings. The molecule has 0 aromatic carbocycles. The van der Waals surface area contributed by atoms with Crippen LogP contribution in [0.4, 0.5) is 0 Å². The number of rotatable bonds is 9. The van der Waals surface area contributed by atoms with Crippen LogP contribution in [-0.4, -0.2) is 25.3 Å². The molecule has 0 amide bonds. The number of hydrogen-bond acceptors (Lipinski definition) is 2. The second kappa shape index (κ2) is 7.24. The predicted molar refractivity (Wildman–Crippen MR) is 65.1 cm³/mol. The van der Waals surface area contributed by atoms with Crippen LogP contribution in [0.5, 0.6) is 0 Å². The molecule has 2 heteroatoms. The van der Waals surface area contributed by atoms with Gasteiger partial charge in [0, 0.05) is 6.04 Å². The van der Waals surface area contributed by atoms with Crippen molar-refractivity contribution in [3.63, 3.8) is 0 Å². The summed E-state index contributed by atoms with van der Waals surface area (Å²) >= 11 is 0. The summed E-state index contributed by atoms with van der Waals surface area (Å²) in [4.78, 5) is 0. The van der Waals surface area contributed by atoms with Gasteiger partial charge in [0.2, 0.25) is 0 Å². The second-order valence-electron chi connectivity index (χ2n) is 5.05. The van der Waals surface area contributed by atoms with Crippen molar-refractivity contribution in [2.45, 2.75) is 65.0 Å². The van der Waals surface area contributed by atoms with E-state index in [9.17, 15) is 0 Å². The maximum Gasteiger partial charge on any atom is 0.0623 e. The van der Waals surface area contributed by atoms with E-state index in [1.54, 1.807) is 0 Å². The smallest absolute Gasteiger partial charge is 0.0623 e. The summed E-state index contributed by atoms with van der Waals surface area (Å²) < 4.78 is 5.69. The first kappa shape index (κ1) is 13.0. The Bertz CT molecular complexity index is 149. The minimum Gasteiger partial charge on any atom is -0.377 e. The highest BCUT2D eigenvalue weighted by atomic mass is 16.5. The molecule has 0 aliphatic heterocycles. The highest BCUT2D eigenvalue weighted by Gasteiger charge is 2.22. The van der Waals surface area contributed by atoms with Crippen molar-refractivity contribution in [1.82, 2.24) is 5.32 Å². The Balaban J connectivity index is 2.10. The van der Waals surface area contributed by atoms with Gasteiger partial charge in [0.05, 0.1) is 12.7 Å². The summed E-state index contributed by atoms with van der Waals surface area (Å²) in [7, 11) is 0. The number of ether oxygens (including phenoxy) is 1. The fourth-order valence-electron chi connectivity index (χ4n) is 1.74. The maximum atomic E-state index is 5.69. The van der Waals surface area contributed by atoms with Crippen LogP contribution in [0.1, 0.15) is 52.9 Å². The van der Waals surface area contributed by atoms with E-state index in [0.29, 0.717) is 12.1 Å². The summed E-state index contributed by atoms with van der Waals surface area (Å²) in [5.74, 6) is 1.04. The Morgan fingerprint density at radius 1 is 1.33 bits per heavy atom. The van der Waals surface area contributed by atoms with Gasteiger partial charge in [0.15, 0.2) is 0 Å². The SMILES string of the molecule is CCCNC(CCC1CC1)COC(C)C. The molecule has 1 saturated carbocycles. The van der Waals surface area contributed by atoms with Gasteiger partial charge in [-0.2, -0.15) is 0 Å². The lowest BCUT2D eigenvalue weighted by Gasteiger charge is -2.19. The molecule has 2 nitrogen and oxygen atoms in total. The molecule has 0 heterocycles. The Kier molecular flexibility index (Phi) is 6.26. The first-order valence-electron chi connectivity index (χ1n) is 6.57. The minimum atomic E-state index is 0.358. The molecule has 0 bridgehead atoms. The van der Waals surface area contributed by atoms with Crippen LogP contribution in [0.3, 0.4) is 0 Å². The van der Waals surface area contributed by atoms with Crippen molar-refractivity contribution >= 4 is 0 Å². The average Bonchev–Trinajstić information content (AvgIpc) is 3.00. The molecule has 1 aliphatic rings. The van der Waals surface area contributed by atoms with Gasteiger partial charge in [0.25, 0.3) is 0 Å². The van der Waals surface area contributed by atoms with Gasteiger partial charge in [-0.25, -0.2) is 0 Å². The Labute approximate surface area is 94.8 Å². The first-order chi connectivity index (χ1) is 7.22. The van der Waals surface area contributed by atoms with Gasteiger partial charge >= 0.3 is 0 Å². The molecular weight excluding hydrogens is 186 g/mol. The van der Waals surface area contributed by atoms with Crippen molar-refractivity contribution in [2.24, 2.45) is 5.92 Å². The van der Waals surface area contributed by atoms with Gasteiger partial charge in [-0.1, -0.05) is 19.8 Å². The molecule has 1 fully saturated rings. The zero-order valence-electron chi connectivity index (χ0n) is 10.6. The summed E-state index contributed by atoms with van der Waals surface area (Å²) in [6.45, 7) is 8.44. The fraction of sp³-hybridized carbons (Fsp3) is 1.00. The standard InChI is InChI=1S/C13H27NO/c1-4-9-14-13(10-15-11(2)3)8-7-12-5-6-12/h11-14H,4-10H2,1-3H3. The van der Waals surface area contributed by atoms with Gasteiger partial charge in [-0.15, -0.1) is 0 Å². The van der Waals surface area contributed by atoms with Crippen LogP contribution in [0.15, 0.2) is 0 Å². The molecule has 15 heavy (non-hydrogen) atoms. The van der Waals surface area contributed by atoms with Crippen LogP contribution in [-0.2, 0) is 4.74 Å². The molecule has 1 N–H and O–H groups in total. The van der Waals surface area contributed by atoms with E-state index in [0.717, 1.165) is 19.1 Å². The van der Waals surface area contributed by atoms with Crippen molar-refractivity contribution in [3.8, 4) is 0 Å². The molecule has 0 spiro atoms. The molecule has 0 saturated heterocycles. The van der Waals surface area contributed by atoms with Crippen molar-refractivity contribution in [3.05, 3.63) is 0 Å². The minimum absolute atomic E-state index is 0.358. The Morgan fingerprint density at radius 2 is 2.07 bits per heavy atom. The van der Waals surface area contributed by atoms with E-state index < -0.39 is 0 Å². The predicted octanol–water partition coefficient (Wildman–Crippen LogP) is 2.97. The van der Waals surface area contributed by atoms with E-state index in [1.807, 2.05) is 0 Å². The number of hydrogen-bond donors (Lipinski definition) is 1. The Hall–Kier alpha value is -0.0800. The normalized spacial score (nSPS) is 18.4. The van der Waals surface area contributed by atoms with Crippen molar-refractivity contribution in [2.75, 3.05) is 13.2 Å². The largest absolute Gasteiger partial charge is 0.377 e. The lowest BCUT2D eigenvalue weighted by Crippen LogP contribution is -2.35. The second-order valence-corrected chi connectivity index (χ2v) is 5.05. The van der Waals surface area contributed by atoms with Crippen LogP contribution in [0, 0.1) is 5.92 Å². The van der Waals surface area contributed by atoms with Crippen LogP contribution < -0.4 is 5.32 Å². The van der Waals surface area contributed by atoms with E-state index in [-0.39, 0.29) is 0 Å². The third-order valence-corrected chi connectivity index (χ3v) is 2.93. The molecule has 1 rings (SSSR count). The first-order valence-corrected chi connectivity index (χ1v) is 6.57. The third-order valence-electron chi connectivity index (χ3n) is 2.93. The summed E-state index contributed by atoms with van der Waals surface area (Å²) in [6, 6.07) is 0.577. The van der Waals surface area contributed by atoms with E-state index in [4.69, 9.17) is 4.74 Å². The van der Waals surface area contributed by atoms with E-state index in [2.05, 4.69) is 26.1 Å². The topological polar surface area (TPSA) is 21.3 Å². The van der Waals surface area contributed by atoms with Gasteiger partial charge in [-0.3, -0.25) is 0 Å². The van der Waals surface area contributed by atoms with Gasteiger partial charge < -0.3 is 10.1 Å². The number of nitrogens with one attached hydrogen (secondary N) is 1. The van der Waals surface area contributed by atoms with Gasteiger partial charge in [0.1, 0.15) is 0 Å². The highest BCUT2D eigenvalue weighted by molar-refractivity contribution is 4.76. The quantitative estimate of drug-likeness (QED) is 0.636. The monoisotopic (exact) mass is 213 g/mol. The van der Waals surface area contributed by atoms with Gasteiger partial charge in [-0.05, 0) is 45.6 Å². The van der Waals surface area contributed by atoms with E-state index in [1.165, 1.54) is 32.1 Å². The molecule has 1 unspecified atom stereocenters.